The van der Waals surface area contributed by atoms with Crippen molar-refractivity contribution >= 4 is 46.3 Å². The van der Waals surface area contributed by atoms with E-state index in [1.807, 2.05) is 17.8 Å². The first-order chi connectivity index (χ1) is 9.15. The number of aliphatic hydroxyl groups is 1. The highest BCUT2D eigenvalue weighted by Gasteiger charge is 2.19. The lowest BCUT2D eigenvalue weighted by atomic mass is 10.1. The van der Waals surface area contributed by atoms with E-state index in [1.165, 1.54) is 16.2 Å². The number of hydrogen-bond acceptors (Lipinski definition) is 3. The molecule has 0 spiro atoms. The molecule has 100 valence electrons. The summed E-state index contributed by atoms with van der Waals surface area (Å²) in [6.45, 7) is 0. The number of halogens is 2. The van der Waals surface area contributed by atoms with E-state index in [0.717, 1.165) is 22.6 Å². The van der Waals surface area contributed by atoms with Crippen LogP contribution in [0.4, 0.5) is 0 Å². The number of aryl methyl sites for hydroxylation is 1. The third-order valence-electron chi connectivity index (χ3n) is 3.18. The molecule has 1 atom stereocenters. The SMILES string of the molecule is OC(c1ccc(Cl)c(Cl)c1)c1cc2c(s1)CCSC2. The van der Waals surface area contributed by atoms with E-state index in [9.17, 15) is 5.11 Å². The van der Waals surface area contributed by atoms with Crippen LogP contribution in [0.2, 0.25) is 10.0 Å². The number of benzene rings is 1. The molecule has 1 aromatic heterocycles. The number of hydrogen-bond donors (Lipinski definition) is 1. The summed E-state index contributed by atoms with van der Waals surface area (Å²) in [5, 5.41) is 11.5. The first kappa shape index (κ1) is 13.8. The Morgan fingerprint density at radius 2 is 2.00 bits per heavy atom. The van der Waals surface area contributed by atoms with E-state index >= 15 is 0 Å². The average molecular weight is 331 g/mol. The first-order valence-corrected chi connectivity index (χ1v) is 8.70. The molecule has 19 heavy (non-hydrogen) atoms. The second kappa shape index (κ2) is 5.66. The Balaban J connectivity index is 1.92. The summed E-state index contributed by atoms with van der Waals surface area (Å²) < 4.78 is 0. The lowest BCUT2D eigenvalue weighted by Crippen LogP contribution is -1.97. The van der Waals surface area contributed by atoms with Gasteiger partial charge in [-0.05, 0) is 41.5 Å². The zero-order chi connectivity index (χ0) is 13.4. The van der Waals surface area contributed by atoms with Crippen LogP contribution in [0.3, 0.4) is 0 Å². The van der Waals surface area contributed by atoms with Crippen molar-refractivity contribution in [2.75, 3.05) is 5.75 Å². The number of thioether (sulfide) groups is 1. The molecule has 1 N–H and O–H groups in total. The van der Waals surface area contributed by atoms with Gasteiger partial charge in [-0.25, -0.2) is 0 Å². The third kappa shape index (κ3) is 2.81. The monoisotopic (exact) mass is 330 g/mol. The molecule has 2 aromatic rings. The van der Waals surface area contributed by atoms with Crippen LogP contribution in [0.25, 0.3) is 0 Å². The van der Waals surface area contributed by atoms with Crippen molar-refractivity contribution in [3.8, 4) is 0 Å². The van der Waals surface area contributed by atoms with E-state index in [-0.39, 0.29) is 0 Å². The van der Waals surface area contributed by atoms with Gasteiger partial charge in [-0.2, -0.15) is 11.8 Å². The van der Waals surface area contributed by atoms with Crippen LogP contribution < -0.4 is 0 Å². The van der Waals surface area contributed by atoms with Gasteiger partial charge in [-0.15, -0.1) is 11.3 Å². The third-order valence-corrected chi connectivity index (χ3v) is 6.21. The summed E-state index contributed by atoms with van der Waals surface area (Å²) in [5.74, 6) is 2.23. The van der Waals surface area contributed by atoms with Crippen molar-refractivity contribution in [2.45, 2.75) is 18.3 Å². The molecule has 1 nitrogen and oxygen atoms in total. The predicted molar refractivity (Wildman–Crippen MR) is 84.7 cm³/mol. The van der Waals surface area contributed by atoms with Gasteiger partial charge in [0.25, 0.3) is 0 Å². The van der Waals surface area contributed by atoms with E-state index < -0.39 is 6.10 Å². The van der Waals surface area contributed by atoms with Gasteiger partial charge >= 0.3 is 0 Å². The fourth-order valence-electron chi connectivity index (χ4n) is 2.15. The summed E-state index contributed by atoms with van der Waals surface area (Å²) in [5.41, 5.74) is 2.16. The van der Waals surface area contributed by atoms with E-state index in [2.05, 4.69) is 6.07 Å². The Morgan fingerprint density at radius 1 is 1.16 bits per heavy atom. The second-order valence-corrected chi connectivity index (χ2v) is 7.56. The molecule has 0 bridgehead atoms. The summed E-state index contributed by atoms with van der Waals surface area (Å²) >= 11 is 15.6. The van der Waals surface area contributed by atoms with Crippen molar-refractivity contribution in [2.24, 2.45) is 0 Å². The van der Waals surface area contributed by atoms with Gasteiger partial charge in [0, 0.05) is 15.5 Å². The number of fused-ring (bicyclic) bond motifs is 1. The number of rotatable bonds is 2. The molecule has 0 radical (unpaired) electrons. The Morgan fingerprint density at radius 3 is 2.74 bits per heavy atom. The molecule has 1 aliphatic rings. The molecule has 1 unspecified atom stereocenters. The van der Waals surface area contributed by atoms with Crippen molar-refractivity contribution in [1.29, 1.82) is 0 Å². The zero-order valence-electron chi connectivity index (χ0n) is 10.0. The van der Waals surface area contributed by atoms with Gasteiger partial charge in [-0.1, -0.05) is 29.3 Å². The number of aliphatic hydroxyl groups excluding tert-OH is 1. The number of thiophene rings is 1. The van der Waals surface area contributed by atoms with Gasteiger partial charge in [0.05, 0.1) is 10.0 Å². The predicted octanol–water partition coefficient (Wildman–Crippen LogP) is 4.93. The van der Waals surface area contributed by atoms with Crippen LogP contribution in [-0.4, -0.2) is 10.9 Å². The summed E-state index contributed by atoms with van der Waals surface area (Å²) in [7, 11) is 0. The van der Waals surface area contributed by atoms with Crippen molar-refractivity contribution < 1.29 is 5.11 Å². The van der Waals surface area contributed by atoms with Gasteiger partial charge in [0.15, 0.2) is 0 Å². The minimum Gasteiger partial charge on any atom is -0.383 e. The molecule has 3 rings (SSSR count). The van der Waals surface area contributed by atoms with Gasteiger partial charge in [0.1, 0.15) is 6.10 Å². The smallest absolute Gasteiger partial charge is 0.113 e. The molecular formula is C14H12Cl2OS2. The first-order valence-electron chi connectivity index (χ1n) is 5.97. The van der Waals surface area contributed by atoms with Crippen LogP contribution in [0.15, 0.2) is 24.3 Å². The Hall–Kier alpha value is -0.190. The Kier molecular flexibility index (Phi) is 4.11. The molecule has 1 aromatic carbocycles. The van der Waals surface area contributed by atoms with Crippen molar-refractivity contribution in [1.82, 2.24) is 0 Å². The molecule has 1 aliphatic heterocycles. The summed E-state index contributed by atoms with van der Waals surface area (Å²) in [6, 6.07) is 7.42. The highest BCUT2D eigenvalue weighted by atomic mass is 35.5. The summed E-state index contributed by atoms with van der Waals surface area (Å²) in [4.78, 5) is 2.40. The van der Waals surface area contributed by atoms with Crippen LogP contribution in [0.5, 0.6) is 0 Å². The molecule has 0 amide bonds. The van der Waals surface area contributed by atoms with E-state index in [0.29, 0.717) is 10.0 Å². The van der Waals surface area contributed by atoms with Crippen LogP contribution in [0.1, 0.15) is 27.0 Å². The van der Waals surface area contributed by atoms with E-state index in [4.69, 9.17) is 23.2 Å². The zero-order valence-corrected chi connectivity index (χ0v) is 13.2. The minimum absolute atomic E-state index is 0.482. The maximum Gasteiger partial charge on any atom is 0.113 e. The Bertz CT molecular complexity index is 586. The van der Waals surface area contributed by atoms with Gasteiger partial charge < -0.3 is 5.11 Å². The fraction of sp³-hybridized carbons (Fsp3) is 0.286. The quantitative estimate of drug-likeness (QED) is 0.842. The van der Waals surface area contributed by atoms with Crippen molar-refractivity contribution in [3.05, 3.63) is 55.2 Å². The van der Waals surface area contributed by atoms with Gasteiger partial charge in [0.2, 0.25) is 0 Å². The largest absolute Gasteiger partial charge is 0.383 e. The molecule has 5 heteroatoms. The lowest BCUT2D eigenvalue weighted by molar-refractivity contribution is 0.224. The van der Waals surface area contributed by atoms with Crippen LogP contribution in [0, 0.1) is 0 Å². The molecule has 0 saturated heterocycles. The van der Waals surface area contributed by atoms with Gasteiger partial charge in [-0.3, -0.25) is 0 Å². The minimum atomic E-state index is -0.615. The standard InChI is InChI=1S/C14H12Cl2OS2/c15-10-2-1-8(5-11(10)16)14(17)13-6-9-7-18-4-3-12(9)19-13/h1-2,5-6,14,17H,3-4,7H2. The molecular weight excluding hydrogens is 319 g/mol. The fourth-order valence-corrected chi connectivity index (χ4v) is 4.85. The van der Waals surface area contributed by atoms with Crippen LogP contribution in [-0.2, 0) is 12.2 Å². The normalized spacial score (nSPS) is 16.2. The Labute approximate surface area is 130 Å². The average Bonchev–Trinajstić information content (AvgIpc) is 2.85. The maximum atomic E-state index is 10.5. The molecule has 0 saturated carbocycles. The highest BCUT2D eigenvalue weighted by molar-refractivity contribution is 7.98. The lowest BCUT2D eigenvalue weighted by Gasteiger charge is -2.09. The molecule has 2 heterocycles. The summed E-state index contributed by atoms with van der Waals surface area (Å²) in [6.07, 6.45) is 0.494. The van der Waals surface area contributed by atoms with E-state index in [1.54, 1.807) is 23.5 Å². The maximum absolute atomic E-state index is 10.5. The van der Waals surface area contributed by atoms with Crippen LogP contribution >= 0.6 is 46.3 Å². The molecule has 0 aliphatic carbocycles. The molecule has 0 fully saturated rings. The second-order valence-electron chi connectivity index (χ2n) is 4.48. The highest BCUT2D eigenvalue weighted by Crippen LogP contribution is 2.37. The van der Waals surface area contributed by atoms with Crippen molar-refractivity contribution in [3.63, 3.8) is 0 Å². The topological polar surface area (TPSA) is 20.2 Å².